The van der Waals surface area contributed by atoms with E-state index in [2.05, 4.69) is 0 Å². The van der Waals surface area contributed by atoms with Crippen LogP contribution in [0.1, 0.15) is 19.3 Å². The lowest BCUT2D eigenvalue weighted by Gasteiger charge is -2.15. The molecule has 3 N–H and O–H groups in total. The van der Waals surface area contributed by atoms with Crippen molar-refractivity contribution in [2.24, 2.45) is 5.92 Å². The Morgan fingerprint density at radius 2 is 1.81 bits per heavy atom. The van der Waals surface area contributed by atoms with Crippen LogP contribution in [0.5, 0.6) is 0 Å². The number of esters is 1. The molecule has 1 aliphatic rings. The van der Waals surface area contributed by atoms with Crippen molar-refractivity contribution >= 4 is 17.9 Å². The summed E-state index contributed by atoms with van der Waals surface area (Å²) in [7, 11) is 0. The first kappa shape index (κ1) is 12.4. The summed E-state index contributed by atoms with van der Waals surface area (Å²) in [6, 6.07) is 0. The van der Waals surface area contributed by atoms with Crippen LogP contribution in [0.4, 0.5) is 0 Å². The maximum absolute atomic E-state index is 11.2. The van der Waals surface area contributed by atoms with Gasteiger partial charge in [-0.2, -0.15) is 0 Å². The molecule has 1 aliphatic carbocycles. The Hall–Kier alpha value is -1.63. The van der Waals surface area contributed by atoms with Gasteiger partial charge in [0.1, 0.15) is 12.0 Å². The van der Waals surface area contributed by atoms with Crippen molar-refractivity contribution in [3.8, 4) is 0 Å². The molecule has 0 bridgehead atoms. The lowest BCUT2D eigenvalue weighted by molar-refractivity contribution is -0.167. The summed E-state index contributed by atoms with van der Waals surface area (Å²) < 4.78 is 4.69. The summed E-state index contributed by atoms with van der Waals surface area (Å²) >= 11 is 0. The highest BCUT2D eigenvalue weighted by molar-refractivity contribution is 5.86. The zero-order valence-electron chi connectivity index (χ0n) is 8.33. The number of aliphatic hydroxyl groups is 1. The summed E-state index contributed by atoms with van der Waals surface area (Å²) in [4.78, 5) is 32.2. The average molecular weight is 232 g/mol. The molecule has 90 valence electrons. The molecule has 0 spiro atoms. The maximum atomic E-state index is 11.2. The van der Waals surface area contributed by atoms with Crippen molar-refractivity contribution in [1.82, 2.24) is 0 Å². The van der Waals surface area contributed by atoms with Gasteiger partial charge in [0.25, 0.3) is 0 Å². The van der Waals surface area contributed by atoms with Crippen molar-refractivity contribution < 1.29 is 34.4 Å². The van der Waals surface area contributed by atoms with Gasteiger partial charge in [-0.3, -0.25) is 9.59 Å². The highest BCUT2D eigenvalue weighted by atomic mass is 16.6. The van der Waals surface area contributed by atoms with Gasteiger partial charge in [-0.1, -0.05) is 0 Å². The SMILES string of the molecule is O=C(O)CC(C(=O)O)C(O)C(=O)OC1CC1. The molecule has 1 fully saturated rings. The number of ether oxygens (including phenoxy) is 1. The van der Waals surface area contributed by atoms with Crippen LogP contribution in [0.3, 0.4) is 0 Å². The molecule has 2 atom stereocenters. The number of carbonyl (C=O) groups is 3. The van der Waals surface area contributed by atoms with Gasteiger partial charge in [-0.25, -0.2) is 4.79 Å². The Morgan fingerprint density at radius 1 is 1.25 bits per heavy atom. The normalized spacial score (nSPS) is 18.6. The molecule has 0 saturated heterocycles. The Labute approximate surface area is 90.6 Å². The van der Waals surface area contributed by atoms with Crippen LogP contribution >= 0.6 is 0 Å². The molecule has 1 rings (SSSR count). The van der Waals surface area contributed by atoms with E-state index in [0.717, 1.165) is 0 Å². The molecule has 0 radical (unpaired) electrons. The molecular weight excluding hydrogens is 220 g/mol. The summed E-state index contributed by atoms with van der Waals surface area (Å²) in [5, 5.41) is 26.4. The van der Waals surface area contributed by atoms with Crippen LogP contribution in [0.25, 0.3) is 0 Å². The van der Waals surface area contributed by atoms with Gasteiger partial charge in [0.2, 0.25) is 0 Å². The molecule has 0 aromatic carbocycles. The second-order valence-electron chi connectivity index (χ2n) is 3.62. The molecule has 0 aromatic heterocycles. The minimum absolute atomic E-state index is 0.263. The van der Waals surface area contributed by atoms with Crippen LogP contribution in [0.2, 0.25) is 0 Å². The third-order valence-corrected chi connectivity index (χ3v) is 2.14. The Bertz CT molecular complexity index is 307. The quantitative estimate of drug-likeness (QED) is 0.514. The largest absolute Gasteiger partial charge is 0.481 e. The fourth-order valence-electron chi connectivity index (χ4n) is 1.11. The summed E-state index contributed by atoms with van der Waals surface area (Å²) in [5.41, 5.74) is 0. The van der Waals surface area contributed by atoms with E-state index < -0.39 is 36.4 Å². The van der Waals surface area contributed by atoms with Gasteiger partial charge in [0.15, 0.2) is 6.10 Å². The predicted molar refractivity (Wildman–Crippen MR) is 48.5 cm³/mol. The van der Waals surface area contributed by atoms with E-state index in [9.17, 15) is 19.5 Å². The van der Waals surface area contributed by atoms with Crippen LogP contribution in [-0.4, -0.2) is 45.4 Å². The van der Waals surface area contributed by atoms with E-state index in [0.29, 0.717) is 12.8 Å². The first-order chi connectivity index (χ1) is 7.41. The third kappa shape index (κ3) is 3.50. The number of aliphatic carboxylic acids is 2. The van der Waals surface area contributed by atoms with Crippen LogP contribution in [-0.2, 0) is 19.1 Å². The molecule has 0 heterocycles. The van der Waals surface area contributed by atoms with Gasteiger partial charge in [-0.15, -0.1) is 0 Å². The Balaban J connectivity index is 2.57. The second-order valence-corrected chi connectivity index (χ2v) is 3.62. The van der Waals surface area contributed by atoms with Crippen molar-refractivity contribution in [2.45, 2.75) is 31.5 Å². The molecule has 7 nitrogen and oxygen atoms in total. The highest BCUT2D eigenvalue weighted by Crippen LogP contribution is 2.25. The Morgan fingerprint density at radius 3 is 2.19 bits per heavy atom. The summed E-state index contributed by atoms with van der Waals surface area (Å²) in [6.45, 7) is 0. The van der Waals surface area contributed by atoms with Gasteiger partial charge >= 0.3 is 17.9 Å². The van der Waals surface area contributed by atoms with Crippen molar-refractivity contribution in [3.05, 3.63) is 0 Å². The van der Waals surface area contributed by atoms with E-state index in [1.54, 1.807) is 0 Å². The molecule has 1 saturated carbocycles. The van der Waals surface area contributed by atoms with Gasteiger partial charge in [0, 0.05) is 0 Å². The van der Waals surface area contributed by atoms with E-state index in [4.69, 9.17) is 14.9 Å². The monoisotopic (exact) mass is 232 g/mol. The Kier molecular flexibility index (Phi) is 3.83. The number of rotatable bonds is 6. The number of carboxylic acids is 2. The third-order valence-electron chi connectivity index (χ3n) is 2.14. The van der Waals surface area contributed by atoms with Crippen LogP contribution in [0.15, 0.2) is 0 Å². The number of aliphatic hydroxyl groups excluding tert-OH is 1. The number of carbonyl (C=O) groups excluding carboxylic acids is 1. The highest BCUT2D eigenvalue weighted by Gasteiger charge is 2.37. The van der Waals surface area contributed by atoms with E-state index in [-0.39, 0.29) is 6.10 Å². The van der Waals surface area contributed by atoms with Gasteiger partial charge < -0.3 is 20.1 Å². The number of hydrogen-bond donors (Lipinski definition) is 3. The number of carboxylic acid groups (broad SMARTS) is 2. The predicted octanol–water partition coefficient (Wildman–Crippen LogP) is -0.772. The topological polar surface area (TPSA) is 121 Å². The first-order valence-corrected chi connectivity index (χ1v) is 4.75. The van der Waals surface area contributed by atoms with Gasteiger partial charge in [0.05, 0.1) is 6.42 Å². The van der Waals surface area contributed by atoms with Crippen molar-refractivity contribution in [3.63, 3.8) is 0 Å². The van der Waals surface area contributed by atoms with Gasteiger partial charge in [-0.05, 0) is 12.8 Å². The van der Waals surface area contributed by atoms with E-state index in [1.165, 1.54) is 0 Å². The molecule has 0 aliphatic heterocycles. The smallest absolute Gasteiger partial charge is 0.336 e. The number of hydrogen-bond acceptors (Lipinski definition) is 5. The zero-order chi connectivity index (χ0) is 12.3. The molecule has 2 unspecified atom stereocenters. The maximum Gasteiger partial charge on any atom is 0.336 e. The van der Waals surface area contributed by atoms with Crippen LogP contribution < -0.4 is 0 Å². The minimum Gasteiger partial charge on any atom is -0.481 e. The van der Waals surface area contributed by atoms with Crippen molar-refractivity contribution in [2.75, 3.05) is 0 Å². The molecule has 0 aromatic rings. The lowest BCUT2D eigenvalue weighted by atomic mass is 9.99. The van der Waals surface area contributed by atoms with Crippen molar-refractivity contribution in [1.29, 1.82) is 0 Å². The van der Waals surface area contributed by atoms with E-state index in [1.807, 2.05) is 0 Å². The molecule has 7 heteroatoms. The molecule has 0 amide bonds. The minimum atomic E-state index is -1.94. The summed E-state index contributed by atoms with van der Waals surface area (Å²) in [6.07, 6.45) is -1.64. The molecule has 16 heavy (non-hydrogen) atoms. The second kappa shape index (κ2) is 4.93. The average Bonchev–Trinajstić information content (AvgIpc) is 2.96. The standard InChI is InChI=1S/C9H12O7/c10-6(11)3-5(8(13)14)7(12)9(15)16-4-1-2-4/h4-5,7,12H,1-3H2,(H,10,11)(H,13,14). The molecular formula is C9H12O7. The van der Waals surface area contributed by atoms with Crippen LogP contribution in [0, 0.1) is 5.92 Å². The van der Waals surface area contributed by atoms with E-state index >= 15 is 0 Å². The first-order valence-electron chi connectivity index (χ1n) is 4.75. The lowest BCUT2D eigenvalue weighted by Crippen LogP contribution is -2.37. The zero-order valence-corrected chi connectivity index (χ0v) is 8.33. The fourth-order valence-corrected chi connectivity index (χ4v) is 1.11. The summed E-state index contributed by atoms with van der Waals surface area (Å²) in [5.74, 6) is -5.69. The fraction of sp³-hybridized carbons (Fsp3) is 0.667.